The Hall–Kier alpha value is -3.06. The summed E-state index contributed by atoms with van der Waals surface area (Å²) in [7, 11) is 4.81. The van der Waals surface area contributed by atoms with Gasteiger partial charge in [-0.25, -0.2) is 4.90 Å². The molecule has 29 heavy (non-hydrogen) atoms. The van der Waals surface area contributed by atoms with Crippen molar-refractivity contribution in [2.24, 2.45) is 0 Å². The highest BCUT2D eigenvalue weighted by molar-refractivity contribution is 6.22. The fraction of sp³-hybridized carbons (Fsp3) is 0.364. The Morgan fingerprint density at radius 2 is 1.55 bits per heavy atom. The van der Waals surface area contributed by atoms with Crippen LogP contribution in [0.5, 0.6) is 17.2 Å². The third kappa shape index (κ3) is 3.42. The van der Waals surface area contributed by atoms with Crippen molar-refractivity contribution < 1.29 is 23.8 Å². The molecule has 2 aromatic carbocycles. The quantitative estimate of drug-likeness (QED) is 0.723. The first-order valence-corrected chi connectivity index (χ1v) is 9.54. The average Bonchev–Trinajstić information content (AvgIpc) is 3.06. The lowest BCUT2D eigenvalue weighted by molar-refractivity contribution is -0.123. The van der Waals surface area contributed by atoms with E-state index in [0.29, 0.717) is 36.0 Å². The molecule has 0 N–H and O–H groups in total. The third-order valence-corrected chi connectivity index (χ3v) is 5.64. The van der Waals surface area contributed by atoms with Gasteiger partial charge in [-0.2, -0.15) is 0 Å². The zero-order chi connectivity index (χ0) is 20.5. The van der Waals surface area contributed by atoms with Gasteiger partial charge in [0.15, 0.2) is 11.5 Å². The number of hydrogen-bond donors (Lipinski definition) is 0. The number of carbonyl (C=O) groups excluding carboxylic acids is 2. The SMILES string of the molecule is COc1ccc(N2C(=O)CC(N3CCc4cc(OC)c(OC)cc4C3)C2=O)cc1. The fourth-order valence-electron chi connectivity index (χ4n) is 4.07. The molecule has 7 heteroatoms. The first kappa shape index (κ1) is 19.3. The maximum absolute atomic E-state index is 13.1. The maximum Gasteiger partial charge on any atom is 0.251 e. The van der Waals surface area contributed by atoms with E-state index in [9.17, 15) is 9.59 Å². The van der Waals surface area contributed by atoms with E-state index in [1.165, 1.54) is 10.5 Å². The van der Waals surface area contributed by atoms with Gasteiger partial charge in [0.05, 0.1) is 39.5 Å². The first-order chi connectivity index (χ1) is 14.0. The van der Waals surface area contributed by atoms with Crippen LogP contribution in [-0.4, -0.2) is 50.6 Å². The van der Waals surface area contributed by atoms with Crippen LogP contribution in [-0.2, 0) is 22.6 Å². The number of rotatable bonds is 5. The highest BCUT2D eigenvalue weighted by Gasteiger charge is 2.43. The van der Waals surface area contributed by atoms with Gasteiger partial charge < -0.3 is 14.2 Å². The molecule has 2 aliphatic heterocycles. The maximum atomic E-state index is 13.1. The summed E-state index contributed by atoms with van der Waals surface area (Å²) >= 11 is 0. The number of carbonyl (C=O) groups is 2. The monoisotopic (exact) mass is 396 g/mol. The molecule has 0 saturated carbocycles. The van der Waals surface area contributed by atoms with E-state index in [4.69, 9.17) is 14.2 Å². The molecule has 2 aliphatic rings. The Bertz CT molecular complexity index is 941. The number of benzene rings is 2. The molecule has 2 heterocycles. The number of amides is 2. The Balaban J connectivity index is 1.55. The van der Waals surface area contributed by atoms with Crippen molar-refractivity contribution in [2.45, 2.75) is 25.4 Å². The number of fused-ring (bicyclic) bond motifs is 1. The van der Waals surface area contributed by atoms with Crippen molar-refractivity contribution in [3.05, 3.63) is 47.5 Å². The van der Waals surface area contributed by atoms with E-state index in [1.807, 2.05) is 12.1 Å². The van der Waals surface area contributed by atoms with Crippen LogP contribution >= 0.6 is 0 Å². The molecule has 0 radical (unpaired) electrons. The van der Waals surface area contributed by atoms with Gasteiger partial charge >= 0.3 is 0 Å². The smallest absolute Gasteiger partial charge is 0.251 e. The molecular weight excluding hydrogens is 372 g/mol. The number of imide groups is 1. The minimum Gasteiger partial charge on any atom is -0.497 e. The Morgan fingerprint density at radius 3 is 2.17 bits per heavy atom. The minimum atomic E-state index is -0.453. The van der Waals surface area contributed by atoms with Crippen molar-refractivity contribution in [3.63, 3.8) is 0 Å². The van der Waals surface area contributed by atoms with Crippen LogP contribution in [0, 0.1) is 0 Å². The number of anilines is 1. The molecule has 2 amide bonds. The summed E-state index contributed by atoms with van der Waals surface area (Å²) in [6.45, 7) is 1.30. The number of hydrogen-bond acceptors (Lipinski definition) is 6. The summed E-state index contributed by atoms with van der Waals surface area (Å²) in [6.07, 6.45) is 0.976. The third-order valence-electron chi connectivity index (χ3n) is 5.64. The van der Waals surface area contributed by atoms with Crippen LogP contribution in [0.3, 0.4) is 0 Å². The van der Waals surface area contributed by atoms with E-state index in [2.05, 4.69) is 4.90 Å². The molecule has 1 atom stereocenters. The molecular formula is C22H24N2O5. The summed E-state index contributed by atoms with van der Waals surface area (Å²) in [5.41, 5.74) is 2.85. The zero-order valence-electron chi connectivity index (χ0n) is 16.8. The lowest BCUT2D eigenvalue weighted by Crippen LogP contribution is -2.44. The molecule has 0 aromatic heterocycles. The van der Waals surface area contributed by atoms with Crippen molar-refractivity contribution in [2.75, 3.05) is 32.8 Å². The summed E-state index contributed by atoms with van der Waals surface area (Å²) in [4.78, 5) is 29.1. The van der Waals surface area contributed by atoms with Gasteiger partial charge in [0.1, 0.15) is 5.75 Å². The summed E-state index contributed by atoms with van der Waals surface area (Å²) in [6, 6.07) is 10.5. The van der Waals surface area contributed by atoms with Crippen molar-refractivity contribution in [3.8, 4) is 17.2 Å². The molecule has 0 spiro atoms. The summed E-state index contributed by atoms with van der Waals surface area (Å²) < 4.78 is 16.0. The lowest BCUT2D eigenvalue weighted by atomic mass is 9.97. The number of methoxy groups -OCH3 is 3. The lowest BCUT2D eigenvalue weighted by Gasteiger charge is -2.32. The molecule has 1 fully saturated rings. The Morgan fingerprint density at radius 1 is 0.897 bits per heavy atom. The van der Waals surface area contributed by atoms with Crippen molar-refractivity contribution in [1.29, 1.82) is 0 Å². The molecule has 152 valence electrons. The van der Waals surface area contributed by atoms with Crippen LogP contribution in [0.25, 0.3) is 0 Å². The summed E-state index contributed by atoms with van der Waals surface area (Å²) in [5, 5.41) is 0. The second-order valence-electron chi connectivity index (χ2n) is 7.18. The molecule has 7 nitrogen and oxygen atoms in total. The predicted octanol–water partition coefficient (Wildman–Crippen LogP) is 2.40. The van der Waals surface area contributed by atoms with Gasteiger partial charge in [0.25, 0.3) is 5.91 Å². The van der Waals surface area contributed by atoms with Crippen LogP contribution in [0.4, 0.5) is 5.69 Å². The standard InChI is InChI=1S/C22H24N2O5/c1-27-17-6-4-16(5-7-17)24-21(25)12-18(22(24)26)23-9-8-14-10-19(28-2)20(29-3)11-15(14)13-23/h4-7,10-11,18H,8-9,12-13H2,1-3H3. The molecule has 0 aliphatic carbocycles. The second kappa shape index (κ2) is 7.75. The topological polar surface area (TPSA) is 68.3 Å². The molecule has 1 unspecified atom stereocenters. The normalized spacial score (nSPS) is 19.3. The van der Waals surface area contributed by atoms with Crippen molar-refractivity contribution in [1.82, 2.24) is 4.90 Å². The van der Waals surface area contributed by atoms with E-state index >= 15 is 0 Å². The van der Waals surface area contributed by atoms with Crippen LogP contribution < -0.4 is 19.1 Å². The van der Waals surface area contributed by atoms with Crippen LogP contribution in [0.15, 0.2) is 36.4 Å². The van der Waals surface area contributed by atoms with Crippen LogP contribution in [0.1, 0.15) is 17.5 Å². The van der Waals surface area contributed by atoms with E-state index in [-0.39, 0.29) is 18.2 Å². The zero-order valence-corrected chi connectivity index (χ0v) is 16.8. The highest BCUT2D eigenvalue weighted by Crippen LogP contribution is 2.35. The second-order valence-corrected chi connectivity index (χ2v) is 7.18. The average molecular weight is 396 g/mol. The highest BCUT2D eigenvalue weighted by atomic mass is 16.5. The van der Waals surface area contributed by atoms with Gasteiger partial charge in [-0.05, 0) is 53.9 Å². The van der Waals surface area contributed by atoms with E-state index in [0.717, 1.165) is 12.0 Å². The molecule has 4 rings (SSSR count). The minimum absolute atomic E-state index is 0.177. The van der Waals surface area contributed by atoms with Gasteiger partial charge in [0.2, 0.25) is 5.91 Å². The van der Waals surface area contributed by atoms with Gasteiger partial charge in [0, 0.05) is 13.1 Å². The largest absolute Gasteiger partial charge is 0.497 e. The summed E-state index contributed by atoms with van der Waals surface area (Å²) in [5.74, 6) is 1.70. The number of nitrogens with zero attached hydrogens (tertiary/aromatic N) is 2. The van der Waals surface area contributed by atoms with E-state index < -0.39 is 6.04 Å². The molecule has 1 saturated heterocycles. The Kier molecular flexibility index (Phi) is 5.15. The van der Waals surface area contributed by atoms with Gasteiger partial charge in [-0.3, -0.25) is 14.5 Å². The molecule has 0 bridgehead atoms. The number of ether oxygens (including phenoxy) is 3. The van der Waals surface area contributed by atoms with Gasteiger partial charge in [-0.15, -0.1) is 0 Å². The fourth-order valence-corrected chi connectivity index (χ4v) is 4.07. The first-order valence-electron chi connectivity index (χ1n) is 9.54. The van der Waals surface area contributed by atoms with Gasteiger partial charge in [-0.1, -0.05) is 0 Å². The van der Waals surface area contributed by atoms with E-state index in [1.54, 1.807) is 45.6 Å². The Labute approximate surface area is 169 Å². The van der Waals surface area contributed by atoms with Crippen molar-refractivity contribution >= 4 is 17.5 Å². The van der Waals surface area contributed by atoms with Crippen LogP contribution in [0.2, 0.25) is 0 Å². The molecule has 2 aromatic rings. The predicted molar refractivity (Wildman–Crippen MR) is 108 cm³/mol.